The highest BCUT2D eigenvalue weighted by atomic mass is 32.2. The van der Waals surface area contributed by atoms with Gasteiger partial charge < -0.3 is 9.88 Å². The molecule has 1 aliphatic rings. The number of para-hydroxylation sites is 1. The van der Waals surface area contributed by atoms with E-state index in [0.717, 1.165) is 45.2 Å². The minimum absolute atomic E-state index is 0.313. The molecule has 0 radical (unpaired) electrons. The number of carbonyl (C=O) groups excluding carboxylic acids is 3. The summed E-state index contributed by atoms with van der Waals surface area (Å²) < 4.78 is 2.10. The molecule has 0 aliphatic carbocycles. The standard InChI is InChI=1S/C23H21N3O3S/c1-3-25-13-16(18-6-4-5-7-19(18)25)12-20-22(28)26(23(29)30-20)14-21(27)24-17-10-8-15(2)9-11-17/h4-13H,3,14H2,1-2H3,(H,24,27)/b20-12+. The van der Waals surface area contributed by atoms with Crippen LogP contribution in [0.5, 0.6) is 0 Å². The van der Waals surface area contributed by atoms with E-state index in [4.69, 9.17) is 0 Å². The molecule has 0 atom stereocenters. The second kappa shape index (κ2) is 8.20. The monoisotopic (exact) mass is 419 g/mol. The number of fused-ring (bicyclic) bond motifs is 1. The highest BCUT2D eigenvalue weighted by Gasteiger charge is 2.36. The lowest BCUT2D eigenvalue weighted by atomic mass is 10.1. The largest absolute Gasteiger partial charge is 0.347 e. The van der Waals surface area contributed by atoms with Crippen LogP contribution < -0.4 is 5.32 Å². The number of benzene rings is 2. The molecule has 0 bridgehead atoms. The number of anilines is 1. The van der Waals surface area contributed by atoms with Gasteiger partial charge in [-0.3, -0.25) is 19.3 Å². The Bertz CT molecular complexity index is 1180. The molecule has 1 saturated heterocycles. The van der Waals surface area contributed by atoms with Crippen LogP contribution in [0.2, 0.25) is 0 Å². The molecule has 1 fully saturated rings. The number of carbonyl (C=O) groups is 3. The Balaban J connectivity index is 1.53. The number of rotatable bonds is 5. The van der Waals surface area contributed by atoms with E-state index in [9.17, 15) is 14.4 Å². The van der Waals surface area contributed by atoms with Crippen LogP contribution in [-0.2, 0) is 16.1 Å². The first-order valence-corrected chi connectivity index (χ1v) is 10.5. The number of thioether (sulfide) groups is 1. The van der Waals surface area contributed by atoms with E-state index in [1.54, 1.807) is 18.2 Å². The van der Waals surface area contributed by atoms with Crippen molar-refractivity contribution in [3.05, 3.63) is 70.8 Å². The lowest BCUT2D eigenvalue weighted by Gasteiger charge is -2.12. The quantitative estimate of drug-likeness (QED) is 0.612. The second-order valence-corrected chi connectivity index (χ2v) is 8.06. The van der Waals surface area contributed by atoms with E-state index in [1.807, 2.05) is 49.5 Å². The zero-order chi connectivity index (χ0) is 21.3. The minimum atomic E-state index is -0.447. The predicted molar refractivity (Wildman–Crippen MR) is 120 cm³/mol. The third-order valence-electron chi connectivity index (χ3n) is 4.96. The Morgan fingerprint density at radius 3 is 2.57 bits per heavy atom. The van der Waals surface area contributed by atoms with Crippen molar-refractivity contribution in [3.63, 3.8) is 0 Å². The summed E-state index contributed by atoms with van der Waals surface area (Å²) in [7, 11) is 0. The van der Waals surface area contributed by atoms with Crippen molar-refractivity contribution in [3.8, 4) is 0 Å². The Hall–Kier alpha value is -3.32. The topological polar surface area (TPSA) is 71.4 Å². The van der Waals surface area contributed by atoms with Crippen LogP contribution in [0.3, 0.4) is 0 Å². The van der Waals surface area contributed by atoms with Crippen LogP contribution in [-0.4, -0.2) is 33.1 Å². The predicted octanol–water partition coefficient (Wildman–Crippen LogP) is 4.64. The van der Waals surface area contributed by atoms with Gasteiger partial charge >= 0.3 is 0 Å². The molecule has 1 aliphatic heterocycles. The Morgan fingerprint density at radius 2 is 1.83 bits per heavy atom. The number of hydrogen-bond acceptors (Lipinski definition) is 4. The number of aromatic nitrogens is 1. The normalized spacial score (nSPS) is 15.4. The zero-order valence-corrected chi connectivity index (χ0v) is 17.5. The van der Waals surface area contributed by atoms with Crippen molar-refractivity contribution in [1.29, 1.82) is 0 Å². The number of amides is 3. The molecule has 1 N–H and O–H groups in total. The number of imide groups is 1. The second-order valence-electron chi connectivity index (χ2n) is 7.07. The van der Waals surface area contributed by atoms with Crippen molar-refractivity contribution in [2.75, 3.05) is 11.9 Å². The first-order chi connectivity index (χ1) is 14.5. The molecule has 0 saturated carbocycles. The fraction of sp³-hybridized carbons (Fsp3) is 0.174. The van der Waals surface area contributed by atoms with Crippen LogP contribution >= 0.6 is 11.8 Å². The maximum Gasteiger partial charge on any atom is 0.294 e. The van der Waals surface area contributed by atoms with Gasteiger partial charge in [0.1, 0.15) is 6.54 Å². The van der Waals surface area contributed by atoms with E-state index < -0.39 is 17.1 Å². The fourth-order valence-electron chi connectivity index (χ4n) is 3.41. The third-order valence-corrected chi connectivity index (χ3v) is 5.86. The van der Waals surface area contributed by atoms with Crippen molar-refractivity contribution in [1.82, 2.24) is 9.47 Å². The van der Waals surface area contributed by atoms with Crippen LogP contribution in [0.25, 0.3) is 17.0 Å². The summed E-state index contributed by atoms with van der Waals surface area (Å²) in [4.78, 5) is 38.8. The number of nitrogens with one attached hydrogen (secondary N) is 1. The first-order valence-electron chi connectivity index (χ1n) is 9.66. The van der Waals surface area contributed by atoms with Gasteiger partial charge in [-0.2, -0.15) is 0 Å². The van der Waals surface area contributed by atoms with Gasteiger partial charge in [0, 0.05) is 34.9 Å². The molecular formula is C23H21N3O3S. The Labute approximate surface area is 178 Å². The summed E-state index contributed by atoms with van der Waals surface area (Å²) in [5.74, 6) is -0.859. The molecule has 1 aromatic heterocycles. The average molecular weight is 420 g/mol. The third kappa shape index (κ3) is 3.89. The SMILES string of the molecule is CCn1cc(/C=C2/SC(=O)N(CC(=O)Nc3ccc(C)cc3)C2=O)c2ccccc21. The fourth-order valence-corrected chi connectivity index (χ4v) is 4.24. The number of aryl methyl sites for hydroxylation is 2. The first kappa shape index (κ1) is 20.0. The van der Waals surface area contributed by atoms with Crippen molar-refractivity contribution >= 4 is 51.5 Å². The molecule has 7 heteroatoms. The van der Waals surface area contributed by atoms with Gasteiger partial charge in [0.05, 0.1) is 4.91 Å². The van der Waals surface area contributed by atoms with E-state index in [-0.39, 0.29) is 6.54 Å². The Kier molecular flexibility index (Phi) is 5.46. The molecule has 152 valence electrons. The molecule has 2 aromatic carbocycles. The lowest BCUT2D eigenvalue weighted by Crippen LogP contribution is -2.36. The summed E-state index contributed by atoms with van der Waals surface area (Å²) in [5, 5.41) is 3.30. The smallest absolute Gasteiger partial charge is 0.294 e. The molecule has 3 amide bonds. The highest BCUT2D eigenvalue weighted by molar-refractivity contribution is 8.18. The molecule has 0 unspecified atom stereocenters. The van der Waals surface area contributed by atoms with Gasteiger partial charge in [0.25, 0.3) is 11.1 Å². The van der Waals surface area contributed by atoms with Crippen LogP contribution in [0, 0.1) is 6.92 Å². The average Bonchev–Trinajstić information content (AvgIpc) is 3.22. The van der Waals surface area contributed by atoms with Crippen LogP contribution in [0.1, 0.15) is 18.1 Å². The summed E-state index contributed by atoms with van der Waals surface area (Å²) in [6.07, 6.45) is 3.71. The highest BCUT2D eigenvalue weighted by Crippen LogP contribution is 2.34. The van der Waals surface area contributed by atoms with E-state index in [0.29, 0.717) is 10.6 Å². The van der Waals surface area contributed by atoms with Crippen LogP contribution in [0.4, 0.5) is 10.5 Å². The van der Waals surface area contributed by atoms with Gasteiger partial charge in [0.15, 0.2) is 0 Å². The van der Waals surface area contributed by atoms with E-state index >= 15 is 0 Å². The van der Waals surface area contributed by atoms with Crippen molar-refractivity contribution in [2.45, 2.75) is 20.4 Å². The minimum Gasteiger partial charge on any atom is -0.347 e. The van der Waals surface area contributed by atoms with Gasteiger partial charge in [-0.05, 0) is 49.9 Å². The maximum atomic E-state index is 12.8. The maximum absolute atomic E-state index is 12.8. The zero-order valence-electron chi connectivity index (χ0n) is 16.7. The number of nitrogens with zero attached hydrogens (tertiary/aromatic N) is 2. The molecule has 0 spiro atoms. The number of hydrogen-bond donors (Lipinski definition) is 1. The molecule has 4 rings (SSSR count). The van der Waals surface area contributed by atoms with Gasteiger partial charge in [-0.25, -0.2) is 0 Å². The van der Waals surface area contributed by atoms with E-state index in [2.05, 4.69) is 16.8 Å². The van der Waals surface area contributed by atoms with Crippen molar-refractivity contribution < 1.29 is 14.4 Å². The molecule has 3 aromatic rings. The summed E-state index contributed by atoms with van der Waals surface area (Å²) in [6.45, 7) is 4.49. The Morgan fingerprint density at radius 1 is 1.10 bits per heavy atom. The summed E-state index contributed by atoms with van der Waals surface area (Å²) in [6, 6.07) is 15.3. The van der Waals surface area contributed by atoms with E-state index in [1.165, 1.54) is 0 Å². The molecule has 2 heterocycles. The summed E-state index contributed by atoms with van der Waals surface area (Å²) in [5.41, 5.74) is 3.65. The van der Waals surface area contributed by atoms with Gasteiger partial charge in [-0.1, -0.05) is 35.9 Å². The van der Waals surface area contributed by atoms with Gasteiger partial charge in [0.2, 0.25) is 5.91 Å². The molecular weight excluding hydrogens is 398 g/mol. The molecule has 30 heavy (non-hydrogen) atoms. The summed E-state index contributed by atoms with van der Waals surface area (Å²) >= 11 is 0.862. The lowest BCUT2D eigenvalue weighted by molar-refractivity contribution is -0.127. The molecule has 6 nitrogen and oxygen atoms in total. The van der Waals surface area contributed by atoms with Crippen molar-refractivity contribution in [2.24, 2.45) is 0 Å². The van der Waals surface area contributed by atoms with Crippen LogP contribution in [0.15, 0.2) is 59.6 Å². The van der Waals surface area contributed by atoms with Gasteiger partial charge in [-0.15, -0.1) is 0 Å².